The van der Waals surface area contributed by atoms with Crippen LogP contribution in [-0.4, -0.2) is 15.2 Å². The number of aryl methyl sites for hydroxylation is 1. The fourth-order valence-electron chi connectivity index (χ4n) is 2.10. The third-order valence-corrected chi connectivity index (χ3v) is 3.14. The minimum absolute atomic E-state index is 0.384. The van der Waals surface area contributed by atoms with E-state index < -0.39 is 0 Å². The zero-order valence-corrected chi connectivity index (χ0v) is 12.5. The van der Waals surface area contributed by atoms with Crippen molar-refractivity contribution in [1.82, 2.24) is 15.2 Å². The van der Waals surface area contributed by atoms with E-state index in [1.54, 1.807) is 6.07 Å². The van der Waals surface area contributed by atoms with Gasteiger partial charge in [0.05, 0.1) is 17.4 Å². The second-order valence-corrected chi connectivity index (χ2v) is 4.94. The average molecular weight is 302 g/mol. The summed E-state index contributed by atoms with van der Waals surface area (Å²) in [4.78, 5) is 4.36. The lowest BCUT2D eigenvalue weighted by atomic mass is 10.2. The molecule has 6 nitrogen and oxygen atoms in total. The number of rotatable bonds is 4. The molecule has 0 aliphatic rings. The van der Waals surface area contributed by atoms with Crippen LogP contribution in [0.2, 0.25) is 0 Å². The van der Waals surface area contributed by atoms with Crippen LogP contribution in [0.25, 0.3) is 0 Å². The van der Waals surface area contributed by atoms with Crippen LogP contribution < -0.4 is 10.6 Å². The first kappa shape index (κ1) is 14.5. The summed E-state index contributed by atoms with van der Waals surface area (Å²) in [7, 11) is 0. The first-order valence-corrected chi connectivity index (χ1v) is 7.04. The summed E-state index contributed by atoms with van der Waals surface area (Å²) in [5, 5.41) is 23.2. The predicted molar refractivity (Wildman–Crippen MR) is 88.7 cm³/mol. The Bertz CT molecular complexity index is 869. The van der Waals surface area contributed by atoms with Crippen molar-refractivity contribution in [1.29, 1.82) is 5.26 Å². The van der Waals surface area contributed by atoms with Gasteiger partial charge in [-0.3, -0.25) is 0 Å². The summed E-state index contributed by atoms with van der Waals surface area (Å²) in [5.74, 6) is 0.896. The van der Waals surface area contributed by atoms with Crippen molar-refractivity contribution in [2.45, 2.75) is 6.92 Å². The van der Waals surface area contributed by atoms with E-state index in [1.807, 2.05) is 49.4 Å². The smallest absolute Gasteiger partial charge is 0.249 e. The van der Waals surface area contributed by atoms with Crippen LogP contribution in [0.3, 0.4) is 0 Å². The van der Waals surface area contributed by atoms with Crippen LogP contribution in [0.15, 0.2) is 54.7 Å². The maximum Gasteiger partial charge on any atom is 0.249 e. The quantitative estimate of drug-likeness (QED) is 0.766. The van der Waals surface area contributed by atoms with E-state index in [1.165, 1.54) is 6.20 Å². The third kappa shape index (κ3) is 3.60. The van der Waals surface area contributed by atoms with E-state index in [9.17, 15) is 0 Å². The van der Waals surface area contributed by atoms with Crippen LogP contribution in [-0.2, 0) is 0 Å². The van der Waals surface area contributed by atoms with Gasteiger partial charge in [-0.25, -0.2) is 0 Å². The second kappa shape index (κ2) is 6.54. The number of benzene rings is 2. The largest absolute Gasteiger partial charge is 0.338 e. The fraction of sp³-hybridized carbons (Fsp3) is 0.0588. The van der Waals surface area contributed by atoms with Crippen LogP contribution in [0.5, 0.6) is 0 Å². The van der Waals surface area contributed by atoms with Gasteiger partial charge in [0.1, 0.15) is 6.07 Å². The highest BCUT2D eigenvalue weighted by Crippen LogP contribution is 2.20. The summed E-state index contributed by atoms with van der Waals surface area (Å²) in [6, 6.07) is 17.2. The number of nitriles is 1. The summed E-state index contributed by atoms with van der Waals surface area (Å²) in [6.45, 7) is 2.01. The molecule has 0 amide bonds. The SMILES string of the molecule is Cc1cccc(Nc2nncc(Nc3ccccc3C#N)n2)c1. The molecule has 0 atom stereocenters. The normalized spacial score (nSPS) is 9.91. The highest BCUT2D eigenvalue weighted by atomic mass is 15.3. The van der Waals surface area contributed by atoms with Crippen molar-refractivity contribution in [3.05, 3.63) is 65.9 Å². The highest BCUT2D eigenvalue weighted by Gasteiger charge is 2.05. The van der Waals surface area contributed by atoms with Crippen molar-refractivity contribution in [3.8, 4) is 6.07 Å². The summed E-state index contributed by atoms with van der Waals surface area (Å²) >= 11 is 0. The summed E-state index contributed by atoms with van der Waals surface area (Å²) < 4.78 is 0. The topological polar surface area (TPSA) is 86.5 Å². The maximum atomic E-state index is 9.12. The molecule has 0 fully saturated rings. The molecule has 3 aromatic rings. The van der Waals surface area contributed by atoms with Crippen molar-refractivity contribution in [2.24, 2.45) is 0 Å². The molecule has 0 spiro atoms. The molecule has 0 radical (unpaired) electrons. The Morgan fingerprint density at radius 2 is 1.91 bits per heavy atom. The van der Waals surface area contributed by atoms with Crippen molar-refractivity contribution in [3.63, 3.8) is 0 Å². The number of nitrogens with zero attached hydrogens (tertiary/aromatic N) is 4. The molecule has 0 saturated heterocycles. The highest BCUT2D eigenvalue weighted by molar-refractivity contribution is 5.64. The van der Waals surface area contributed by atoms with Crippen LogP contribution >= 0.6 is 0 Å². The second-order valence-electron chi connectivity index (χ2n) is 4.94. The van der Waals surface area contributed by atoms with Gasteiger partial charge >= 0.3 is 0 Å². The van der Waals surface area contributed by atoms with Gasteiger partial charge in [-0.15, -0.1) is 5.10 Å². The van der Waals surface area contributed by atoms with Gasteiger partial charge in [-0.2, -0.15) is 15.3 Å². The first-order valence-electron chi connectivity index (χ1n) is 7.04. The molecular weight excluding hydrogens is 288 g/mol. The molecule has 112 valence electrons. The minimum Gasteiger partial charge on any atom is -0.338 e. The molecule has 0 saturated carbocycles. The first-order chi connectivity index (χ1) is 11.2. The number of nitrogens with one attached hydrogen (secondary N) is 2. The monoisotopic (exact) mass is 302 g/mol. The van der Waals surface area contributed by atoms with Crippen molar-refractivity contribution < 1.29 is 0 Å². The zero-order valence-electron chi connectivity index (χ0n) is 12.5. The van der Waals surface area contributed by atoms with Gasteiger partial charge in [0, 0.05) is 5.69 Å². The Labute approximate surface area is 133 Å². The van der Waals surface area contributed by atoms with Gasteiger partial charge in [-0.1, -0.05) is 24.3 Å². The molecule has 0 bridgehead atoms. The lowest BCUT2D eigenvalue weighted by Gasteiger charge is -2.09. The Kier molecular flexibility index (Phi) is 4.11. The molecule has 3 rings (SSSR count). The number of hydrogen-bond acceptors (Lipinski definition) is 6. The van der Waals surface area contributed by atoms with Gasteiger partial charge < -0.3 is 10.6 Å². The molecular formula is C17H14N6. The molecule has 0 aliphatic heterocycles. The Hall–Kier alpha value is -3.46. The summed E-state index contributed by atoms with van der Waals surface area (Å²) in [5.41, 5.74) is 3.25. The van der Waals surface area contributed by atoms with Crippen molar-refractivity contribution >= 4 is 23.1 Å². The van der Waals surface area contributed by atoms with Crippen LogP contribution in [0, 0.1) is 18.3 Å². The van der Waals surface area contributed by atoms with Crippen molar-refractivity contribution in [2.75, 3.05) is 10.6 Å². The molecule has 0 unspecified atom stereocenters. The summed E-state index contributed by atoms with van der Waals surface area (Å²) in [6.07, 6.45) is 1.51. The van der Waals surface area contributed by atoms with Gasteiger partial charge in [0.2, 0.25) is 5.95 Å². The molecule has 1 aromatic heterocycles. The number of hydrogen-bond donors (Lipinski definition) is 2. The fourth-order valence-corrected chi connectivity index (χ4v) is 2.10. The average Bonchev–Trinajstić information content (AvgIpc) is 2.56. The van der Waals surface area contributed by atoms with E-state index in [0.29, 0.717) is 23.0 Å². The zero-order chi connectivity index (χ0) is 16.1. The van der Waals surface area contributed by atoms with E-state index in [0.717, 1.165) is 11.3 Å². The third-order valence-electron chi connectivity index (χ3n) is 3.14. The lowest BCUT2D eigenvalue weighted by Crippen LogP contribution is -2.03. The molecule has 2 N–H and O–H groups in total. The lowest BCUT2D eigenvalue weighted by molar-refractivity contribution is 0.982. The van der Waals surface area contributed by atoms with Gasteiger partial charge in [-0.05, 0) is 36.8 Å². The number of anilines is 4. The maximum absolute atomic E-state index is 9.12. The molecule has 1 heterocycles. The number of aromatic nitrogens is 3. The molecule has 2 aromatic carbocycles. The molecule has 0 aliphatic carbocycles. The standard InChI is InChI=1S/C17H14N6/c1-12-5-4-7-14(9-12)20-17-22-16(11-19-23-17)21-15-8-3-2-6-13(15)10-18/h2-9,11H,1H3,(H2,20,21,22,23). The van der Waals surface area contributed by atoms with E-state index >= 15 is 0 Å². The van der Waals surface area contributed by atoms with Gasteiger partial charge in [0.25, 0.3) is 0 Å². The van der Waals surface area contributed by atoms with Crippen LogP contribution in [0.1, 0.15) is 11.1 Å². The van der Waals surface area contributed by atoms with E-state index in [4.69, 9.17) is 5.26 Å². The minimum atomic E-state index is 0.384. The number of para-hydroxylation sites is 1. The van der Waals surface area contributed by atoms with E-state index in [2.05, 4.69) is 31.9 Å². The Balaban J connectivity index is 1.81. The Morgan fingerprint density at radius 3 is 2.74 bits per heavy atom. The predicted octanol–water partition coefficient (Wildman–Crippen LogP) is 3.54. The van der Waals surface area contributed by atoms with E-state index in [-0.39, 0.29) is 0 Å². The molecule has 6 heteroatoms. The molecule has 23 heavy (non-hydrogen) atoms. The Morgan fingerprint density at radius 1 is 1.04 bits per heavy atom. The van der Waals surface area contributed by atoms with Crippen LogP contribution in [0.4, 0.5) is 23.1 Å². The van der Waals surface area contributed by atoms with Gasteiger partial charge in [0.15, 0.2) is 5.82 Å².